The molecule has 1 amide bonds. The molecule has 5 heteroatoms. The lowest BCUT2D eigenvalue weighted by molar-refractivity contribution is -0.121. The van der Waals surface area contributed by atoms with Crippen LogP contribution >= 0.6 is 0 Å². The van der Waals surface area contributed by atoms with Gasteiger partial charge in [-0.3, -0.25) is 9.48 Å². The second kappa shape index (κ2) is 6.30. The number of ether oxygens (including phenoxy) is 1. The zero-order chi connectivity index (χ0) is 17.3. The van der Waals surface area contributed by atoms with E-state index in [1.165, 1.54) is 5.69 Å². The molecule has 0 aliphatic heterocycles. The van der Waals surface area contributed by atoms with E-state index in [1.807, 2.05) is 42.2 Å². The van der Waals surface area contributed by atoms with Crippen molar-refractivity contribution in [3.8, 4) is 5.75 Å². The highest BCUT2D eigenvalue weighted by atomic mass is 16.5. The number of carbonyl (C=O) groups is 1. The first-order valence-corrected chi connectivity index (χ1v) is 8.31. The van der Waals surface area contributed by atoms with Crippen LogP contribution in [0.1, 0.15) is 43.1 Å². The first kappa shape index (κ1) is 16.6. The van der Waals surface area contributed by atoms with E-state index < -0.39 is 0 Å². The predicted octanol–water partition coefficient (Wildman–Crippen LogP) is 2.80. The SMILES string of the molecule is COc1ccc(CC(=O)NC2CC(C)(C)Cc3c2cnn3C)cc1. The number of benzene rings is 1. The first-order chi connectivity index (χ1) is 11.4. The summed E-state index contributed by atoms with van der Waals surface area (Å²) in [5.41, 5.74) is 3.51. The fourth-order valence-corrected chi connectivity index (χ4v) is 3.48. The summed E-state index contributed by atoms with van der Waals surface area (Å²) in [7, 11) is 3.61. The number of rotatable bonds is 4. The molecular formula is C19H25N3O2. The van der Waals surface area contributed by atoms with Gasteiger partial charge in [-0.25, -0.2) is 0 Å². The second-order valence-electron chi connectivity index (χ2n) is 7.36. The molecular weight excluding hydrogens is 302 g/mol. The molecule has 5 nitrogen and oxygen atoms in total. The van der Waals surface area contributed by atoms with Gasteiger partial charge in [0.1, 0.15) is 5.75 Å². The molecule has 0 saturated heterocycles. The first-order valence-electron chi connectivity index (χ1n) is 8.31. The molecule has 1 aromatic carbocycles. The number of nitrogens with zero attached hydrogens (tertiary/aromatic N) is 2. The number of nitrogens with one attached hydrogen (secondary N) is 1. The van der Waals surface area contributed by atoms with Crippen LogP contribution in [0.2, 0.25) is 0 Å². The third-order valence-electron chi connectivity index (χ3n) is 4.73. The number of carbonyl (C=O) groups excluding carboxylic acids is 1. The Morgan fingerprint density at radius 1 is 1.38 bits per heavy atom. The van der Waals surface area contributed by atoms with E-state index in [2.05, 4.69) is 24.3 Å². The molecule has 0 fully saturated rings. The Hall–Kier alpha value is -2.30. The van der Waals surface area contributed by atoms with Crippen LogP contribution < -0.4 is 10.1 Å². The average Bonchev–Trinajstić information content (AvgIpc) is 2.88. The molecule has 1 atom stereocenters. The minimum Gasteiger partial charge on any atom is -0.497 e. The lowest BCUT2D eigenvalue weighted by Gasteiger charge is -2.35. The van der Waals surface area contributed by atoms with Crippen LogP contribution in [0.3, 0.4) is 0 Å². The molecule has 1 aliphatic rings. The number of amides is 1. The summed E-state index contributed by atoms with van der Waals surface area (Å²) in [6.07, 6.45) is 4.18. The summed E-state index contributed by atoms with van der Waals surface area (Å²) in [5.74, 6) is 0.839. The van der Waals surface area contributed by atoms with Gasteiger partial charge < -0.3 is 10.1 Å². The van der Waals surface area contributed by atoms with Crippen LogP contribution in [0.25, 0.3) is 0 Å². The maximum absolute atomic E-state index is 12.5. The summed E-state index contributed by atoms with van der Waals surface area (Å²) in [6.45, 7) is 4.48. The molecule has 1 N–H and O–H groups in total. The van der Waals surface area contributed by atoms with Gasteiger partial charge in [0.05, 0.1) is 25.8 Å². The Bertz CT molecular complexity index is 732. The van der Waals surface area contributed by atoms with Gasteiger partial charge in [0.15, 0.2) is 0 Å². The normalized spacial score (nSPS) is 18.8. The summed E-state index contributed by atoms with van der Waals surface area (Å²) in [5, 5.41) is 7.57. The van der Waals surface area contributed by atoms with E-state index in [-0.39, 0.29) is 17.4 Å². The second-order valence-corrected chi connectivity index (χ2v) is 7.36. The fraction of sp³-hybridized carbons (Fsp3) is 0.474. The van der Waals surface area contributed by atoms with Gasteiger partial charge >= 0.3 is 0 Å². The summed E-state index contributed by atoms with van der Waals surface area (Å²) in [6, 6.07) is 7.65. The number of hydrogen-bond donors (Lipinski definition) is 1. The molecule has 3 rings (SSSR count). The highest BCUT2D eigenvalue weighted by Gasteiger charge is 2.35. The third kappa shape index (κ3) is 3.45. The number of aryl methyl sites for hydroxylation is 1. The molecule has 2 aromatic rings. The number of methoxy groups -OCH3 is 1. The van der Waals surface area contributed by atoms with Crippen LogP contribution in [0.4, 0.5) is 0 Å². The van der Waals surface area contributed by atoms with Crippen molar-refractivity contribution in [1.82, 2.24) is 15.1 Å². The fourth-order valence-electron chi connectivity index (χ4n) is 3.48. The van der Waals surface area contributed by atoms with Gasteiger partial charge in [-0.1, -0.05) is 26.0 Å². The quantitative estimate of drug-likeness (QED) is 0.939. The van der Waals surface area contributed by atoms with Gasteiger partial charge in [-0.15, -0.1) is 0 Å². The molecule has 1 unspecified atom stereocenters. The van der Waals surface area contributed by atoms with E-state index in [1.54, 1.807) is 7.11 Å². The molecule has 1 aliphatic carbocycles. The monoisotopic (exact) mass is 327 g/mol. The van der Waals surface area contributed by atoms with E-state index in [0.29, 0.717) is 6.42 Å². The zero-order valence-corrected chi connectivity index (χ0v) is 14.8. The standard InChI is InChI=1S/C19H25N3O2/c1-19(2)10-16(15-12-20-22(3)17(15)11-19)21-18(23)9-13-5-7-14(24-4)8-6-13/h5-8,12,16H,9-11H2,1-4H3,(H,21,23). The number of hydrogen-bond acceptors (Lipinski definition) is 3. The number of fused-ring (bicyclic) bond motifs is 1. The number of aromatic nitrogens is 2. The van der Waals surface area contributed by atoms with Crippen LogP contribution in [-0.2, 0) is 24.7 Å². The minimum absolute atomic E-state index is 0.0307. The Morgan fingerprint density at radius 2 is 2.08 bits per heavy atom. The summed E-state index contributed by atoms with van der Waals surface area (Å²) < 4.78 is 7.08. The maximum Gasteiger partial charge on any atom is 0.224 e. The van der Waals surface area contributed by atoms with Crippen molar-refractivity contribution in [1.29, 1.82) is 0 Å². The van der Waals surface area contributed by atoms with Crippen molar-refractivity contribution in [3.05, 3.63) is 47.3 Å². The highest BCUT2D eigenvalue weighted by molar-refractivity contribution is 5.79. The van der Waals surface area contributed by atoms with E-state index in [0.717, 1.165) is 29.7 Å². The molecule has 0 spiro atoms. The maximum atomic E-state index is 12.5. The van der Waals surface area contributed by atoms with Crippen molar-refractivity contribution < 1.29 is 9.53 Å². The van der Waals surface area contributed by atoms with Crippen molar-refractivity contribution in [2.24, 2.45) is 12.5 Å². The summed E-state index contributed by atoms with van der Waals surface area (Å²) >= 11 is 0. The topological polar surface area (TPSA) is 56.1 Å². The zero-order valence-electron chi connectivity index (χ0n) is 14.8. The van der Waals surface area contributed by atoms with Crippen LogP contribution in [0.5, 0.6) is 5.75 Å². The van der Waals surface area contributed by atoms with E-state index in [9.17, 15) is 4.79 Å². The Labute approximate surface area is 143 Å². The van der Waals surface area contributed by atoms with Crippen molar-refractivity contribution in [2.45, 2.75) is 39.2 Å². The average molecular weight is 327 g/mol. The van der Waals surface area contributed by atoms with Crippen LogP contribution in [-0.4, -0.2) is 22.8 Å². The highest BCUT2D eigenvalue weighted by Crippen LogP contribution is 2.40. The molecule has 0 radical (unpaired) electrons. The smallest absolute Gasteiger partial charge is 0.224 e. The Kier molecular flexibility index (Phi) is 4.35. The van der Waals surface area contributed by atoms with Crippen molar-refractivity contribution in [3.63, 3.8) is 0 Å². The van der Waals surface area contributed by atoms with E-state index >= 15 is 0 Å². The largest absolute Gasteiger partial charge is 0.497 e. The lowest BCUT2D eigenvalue weighted by Crippen LogP contribution is -2.37. The van der Waals surface area contributed by atoms with E-state index in [4.69, 9.17) is 4.74 Å². The lowest BCUT2D eigenvalue weighted by atomic mass is 9.74. The minimum atomic E-state index is 0.0307. The van der Waals surface area contributed by atoms with Crippen molar-refractivity contribution in [2.75, 3.05) is 7.11 Å². The van der Waals surface area contributed by atoms with Gasteiger partial charge in [-0.05, 0) is 36.0 Å². The summed E-state index contributed by atoms with van der Waals surface area (Å²) in [4.78, 5) is 12.5. The van der Waals surface area contributed by atoms with Gasteiger partial charge in [-0.2, -0.15) is 5.10 Å². The Balaban J connectivity index is 1.71. The molecule has 24 heavy (non-hydrogen) atoms. The molecule has 1 heterocycles. The molecule has 0 bridgehead atoms. The third-order valence-corrected chi connectivity index (χ3v) is 4.73. The molecule has 128 valence electrons. The molecule has 1 aromatic heterocycles. The van der Waals surface area contributed by atoms with Gasteiger partial charge in [0, 0.05) is 18.3 Å². The van der Waals surface area contributed by atoms with Crippen molar-refractivity contribution >= 4 is 5.91 Å². The Morgan fingerprint density at radius 3 is 2.75 bits per heavy atom. The van der Waals surface area contributed by atoms with Gasteiger partial charge in [0.25, 0.3) is 0 Å². The van der Waals surface area contributed by atoms with Crippen LogP contribution in [0, 0.1) is 5.41 Å². The predicted molar refractivity (Wildman–Crippen MR) is 92.9 cm³/mol. The van der Waals surface area contributed by atoms with Crippen LogP contribution in [0.15, 0.2) is 30.5 Å². The van der Waals surface area contributed by atoms with Gasteiger partial charge in [0.2, 0.25) is 5.91 Å². The molecule has 0 saturated carbocycles.